The van der Waals surface area contributed by atoms with Gasteiger partial charge in [-0.15, -0.1) is 0 Å². The predicted octanol–water partition coefficient (Wildman–Crippen LogP) is 4.31. The molecule has 1 saturated heterocycles. The molecule has 0 aromatic rings. The Morgan fingerprint density at radius 2 is 1.76 bits per heavy atom. The van der Waals surface area contributed by atoms with Gasteiger partial charge in [0, 0.05) is 19.5 Å². The summed E-state index contributed by atoms with van der Waals surface area (Å²) >= 11 is 0. The second-order valence-electron chi connectivity index (χ2n) is 7.50. The van der Waals surface area contributed by atoms with Crippen molar-refractivity contribution in [1.82, 2.24) is 4.90 Å². The Morgan fingerprint density at radius 3 is 2.33 bits per heavy atom. The lowest BCUT2D eigenvalue weighted by Crippen LogP contribution is -2.56. The van der Waals surface area contributed by atoms with Gasteiger partial charge in [0.2, 0.25) is 0 Å². The van der Waals surface area contributed by atoms with Gasteiger partial charge in [0.15, 0.2) is 0 Å². The summed E-state index contributed by atoms with van der Waals surface area (Å²) in [5, 5.41) is 8.85. The highest BCUT2D eigenvalue weighted by Gasteiger charge is 2.42. The normalized spacial score (nSPS) is 23.5. The lowest BCUT2D eigenvalue weighted by molar-refractivity contribution is -0.137. The van der Waals surface area contributed by atoms with Crippen molar-refractivity contribution in [2.75, 3.05) is 19.6 Å². The summed E-state index contributed by atoms with van der Waals surface area (Å²) in [6, 6.07) is 0. The fraction of sp³-hybridized carbons (Fsp3) is 0.944. The Balaban J connectivity index is 1.66. The second kappa shape index (κ2) is 8.17. The molecule has 0 amide bonds. The van der Waals surface area contributed by atoms with Gasteiger partial charge in [-0.3, -0.25) is 4.79 Å². The van der Waals surface area contributed by atoms with Crippen LogP contribution in [0.5, 0.6) is 0 Å². The van der Waals surface area contributed by atoms with Crippen LogP contribution in [0.3, 0.4) is 0 Å². The monoisotopic (exact) mass is 295 g/mol. The molecule has 3 heteroatoms. The van der Waals surface area contributed by atoms with E-state index in [4.69, 9.17) is 5.11 Å². The molecule has 1 aliphatic heterocycles. The highest BCUT2D eigenvalue weighted by atomic mass is 16.4. The SMILES string of the molecule is CCCC(CCC(=O)O)CCN1CC2(CCCCCC2)C1. The van der Waals surface area contributed by atoms with Gasteiger partial charge >= 0.3 is 5.97 Å². The van der Waals surface area contributed by atoms with Gasteiger partial charge in [0.05, 0.1) is 0 Å². The first-order valence-electron chi connectivity index (χ1n) is 9.08. The van der Waals surface area contributed by atoms with Crippen LogP contribution in [0.4, 0.5) is 0 Å². The van der Waals surface area contributed by atoms with E-state index >= 15 is 0 Å². The quantitative estimate of drug-likeness (QED) is 0.725. The van der Waals surface area contributed by atoms with Gasteiger partial charge in [0.25, 0.3) is 0 Å². The number of hydrogen-bond acceptors (Lipinski definition) is 2. The van der Waals surface area contributed by atoms with Gasteiger partial charge in [-0.1, -0.05) is 45.4 Å². The summed E-state index contributed by atoms with van der Waals surface area (Å²) in [5.41, 5.74) is 0.665. The summed E-state index contributed by atoms with van der Waals surface area (Å²) < 4.78 is 0. The summed E-state index contributed by atoms with van der Waals surface area (Å²) in [7, 11) is 0. The van der Waals surface area contributed by atoms with E-state index < -0.39 is 5.97 Å². The molecule has 1 N–H and O–H groups in total. The third kappa shape index (κ3) is 5.28. The Hall–Kier alpha value is -0.570. The van der Waals surface area contributed by atoms with Crippen molar-refractivity contribution in [1.29, 1.82) is 0 Å². The summed E-state index contributed by atoms with van der Waals surface area (Å²) in [6.45, 7) is 6.01. The number of aliphatic carboxylic acids is 1. The third-order valence-electron chi connectivity index (χ3n) is 5.60. The molecule has 1 unspecified atom stereocenters. The highest BCUT2D eigenvalue weighted by molar-refractivity contribution is 5.66. The number of hydrogen-bond donors (Lipinski definition) is 1. The van der Waals surface area contributed by atoms with E-state index in [1.54, 1.807) is 0 Å². The lowest BCUT2D eigenvalue weighted by Gasteiger charge is -2.51. The third-order valence-corrected chi connectivity index (χ3v) is 5.60. The minimum Gasteiger partial charge on any atom is -0.481 e. The smallest absolute Gasteiger partial charge is 0.303 e. The molecule has 2 aliphatic rings. The molecule has 0 aromatic heterocycles. The highest BCUT2D eigenvalue weighted by Crippen LogP contribution is 2.42. The van der Waals surface area contributed by atoms with Gasteiger partial charge in [-0.05, 0) is 43.6 Å². The Kier molecular flexibility index (Phi) is 6.53. The fourth-order valence-corrected chi connectivity index (χ4v) is 4.39. The van der Waals surface area contributed by atoms with Crippen LogP contribution < -0.4 is 0 Å². The molecule has 21 heavy (non-hydrogen) atoms. The maximum absolute atomic E-state index is 10.7. The minimum atomic E-state index is -0.641. The Morgan fingerprint density at radius 1 is 1.10 bits per heavy atom. The van der Waals surface area contributed by atoms with Crippen LogP contribution in [0.25, 0.3) is 0 Å². The molecule has 2 rings (SSSR count). The van der Waals surface area contributed by atoms with Crippen LogP contribution in [0.15, 0.2) is 0 Å². The molecular weight excluding hydrogens is 262 g/mol. The standard InChI is InChI=1S/C18H33NO2/c1-2-7-16(8-9-17(20)21)10-13-19-14-18(15-19)11-5-3-4-6-12-18/h16H,2-15H2,1H3,(H,20,21). The van der Waals surface area contributed by atoms with Crippen LogP contribution in [0.1, 0.15) is 77.6 Å². The molecule has 3 nitrogen and oxygen atoms in total. The first-order chi connectivity index (χ1) is 10.1. The maximum atomic E-state index is 10.7. The first kappa shape index (κ1) is 16.8. The summed E-state index contributed by atoms with van der Waals surface area (Å²) in [4.78, 5) is 13.4. The van der Waals surface area contributed by atoms with E-state index in [0.29, 0.717) is 17.8 Å². The first-order valence-corrected chi connectivity index (χ1v) is 9.08. The van der Waals surface area contributed by atoms with Crippen LogP contribution in [-0.4, -0.2) is 35.6 Å². The summed E-state index contributed by atoms with van der Waals surface area (Å²) in [6.07, 6.45) is 13.4. The van der Waals surface area contributed by atoms with Gasteiger partial charge in [0.1, 0.15) is 0 Å². The molecule has 1 heterocycles. The van der Waals surface area contributed by atoms with E-state index in [9.17, 15) is 4.79 Å². The molecular formula is C18H33NO2. The number of likely N-dealkylation sites (tertiary alicyclic amines) is 1. The second-order valence-corrected chi connectivity index (χ2v) is 7.50. The molecule has 1 saturated carbocycles. The minimum absolute atomic E-state index is 0.342. The lowest BCUT2D eigenvalue weighted by atomic mass is 9.73. The van der Waals surface area contributed by atoms with Crippen molar-refractivity contribution in [3.05, 3.63) is 0 Å². The largest absolute Gasteiger partial charge is 0.481 e. The van der Waals surface area contributed by atoms with Crippen molar-refractivity contribution in [2.45, 2.75) is 77.6 Å². The topological polar surface area (TPSA) is 40.5 Å². The molecule has 2 fully saturated rings. The van der Waals surface area contributed by atoms with E-state index in [0.717, 1.165) is 6.42 Å². The molecule has 1 atom stereocenters. The number of carboxylic acids is 1. The zero-order valence-electron chi connectivity index (χ0n) is 13.8. The average Bonchev–Trinajstić information content (AvgIpc) is 2.66. The van der Waals surface area contributed by atoms with Gasteiger partial charge in [-0.2, -0.15) is 0 Å². The van der Waals surface area contributed by atoms with E-state index in [2.05, 4.69) is 11.8 Å². The van der Waals surface area contributed by atoms with Crippen molar-refractivity contribution >= 4 is 5.97 Å². The molecule has 0 bridgehead atoms. The van der Waals surface area contributed by atoms with Crippen LogP contribution in [0.2, 0.25) is 0 Å². The van der Waals surface area contributed by atoms with Crippen molar-refractivity contribution in [3.8, 4) is 0 Å². The molecule has 122 valence electrons. The summed E-state index contributed by atoms with van der Waals surface area (Å²) in [5.74, 6) is -0.0331. The van der Waals surface area contributed by atoms with Crippen molar-refractivity contribution in [3.63, 3.8) is 0 Å². The van der Waals surface area contributed by atoms with Crippen LogP contribution in [0, 0.1) is 11.3 Å². The Labute approximate surface area is 130 Å². The van der Waals surface area contributed by atoms with Crippen molar-refractivity contribution < 1.29 is 9.90 Å². The van der Waals surface area contributed by atoms with Crippen LogP contribution >= 0.6 is 0 Å². The van der Waals surface area contributed by atoms with E-state index in [1.165, 1.54) is 77.4 Å². The number of nitrogens with zero attached hydrogens (tertiary/aromatic N) is 1. The average molecular weight is 295 g/mol. The number of rotatable bonds is 8. The molecule has 1 spiro atoms. The zero-order chi connectivity index (χ0) is 15.1. The Bertz CT molecular complexity index is 313. The predicted molar refractivity (Wildman–Crippen MR) is 86.5 cm³/mol. The fourth-order valence-electron chi connectivity index (χ4n) is 4.39. The molecule has 0 radical (unpaired) electrons. The van der Waals surface area contributed by atoms with Gasteiger partial charge in [-0.25, -0.2) is 0 Å². The van der Waals surface area contributed by atoms with Crippen LogP contribution in [-0.2, 0) is 4.79 Å². The number of carbonyl (C=O) groups is 1. The maximum Gasteiger partial charge on any atom is 0.303 e. The van der Waals surface area contributed by atoms with Crippen molar-refractivity contribution in [2.24, 2.45) is 11.3 Å². The molecule has 1 aliphatic carbocycles. The van der Waals surface area contributed by atoms with E-state index in [-0.39, 0.29) is 0 Å². The van der Waals surface area contributed by atoms with E-state index in [1.807, 2.05) is 0 Å². The zero-order valence-corrected chi connectivity index (χ0v) is 13.8. The van der Waals surface area contributed by atoms with Gasteiger partial charge < -0.3 is 10.0 Å². The molecule has 0 aromatic carbocycles. The number of carboxylic acid groups (broad SMARTS) is 1.